The summed E-state index contributed by atoms with van der Waals surface area (Å²) in [5, 5.41) is 0. The van der Waals surface area contributed by atoms with Crippen molar-refractivity contribution in [3.05, 3.63) is 53.7 Å². The number of hydrogen-bond donors (Lipinski definition) is 0. The number of furan rings is 1. The van der Waals surface area contributed by atoms with Crippen molar-refractivity contribution in [1.29, 1.82) is 0 Å². The smallest absolute Gasteiger partial charge is 0.198 e. The van der Waals surface area contributed by atoms with Gasteiger partial charge in [-0.2, -0.15) is 0 Å². The van der Waals surface area contributed by atoms with Crippen LogP contribution in [0, 0.1) is 6.92 Å². The van der Waals surface area contributed by atoms with E-state index in [1.54, 1.807) is 24.4 Å². The lowest BCUT2D eigenvalue weighted by atomic mass is 10.1. The second-order valence-electron chi connectivity index (χ2n) is 3.99. The molecule has 0 aliphatic rings. The highest BCUT2D eigenvalue weighted by Crippen LogP contribution is 2.11. The molecule has 0 aliphatic carbocycles. The average Bonchev–Trinajstić information content (AvgIpc) is 2.90. The molecule has 0 fully saturated rings. The summed E-state index contributed by atoms with van der Waals surface area (Å²) in [4.78, 5) is 27.6. The fraction of sp³-hybridized carbons (Fsp3) is 0.214. The molecule has 92 valence electrons. The molecular formula is C14H13NO3. The third-order valence-corrected chi connectivity index (χ3v) is 2.65. The molecule has 4 heteroatoms. The summed E-state index contributed by atoms with van der Waals surface area (Å²) in [6, 6.07) is 6.85. The van der Waals surface area contributed by atoms with E-state index < -0.39 is 0 Å². The Kier molecular flexibility index (Phi) is 3.67. The van der Waals surface area contributed by atoms with E-state index in [0.717, 1.165) is 5.56 Å². The summed E-state index contributed by atoms with van der Waals surface area (Å²) >= 11 is 0. The van der Waals surface area contributed by atoms with Gasteiger partial charge in [0.2, 0.25) is 0 Å². The largest absolute Gasteiger partial charge is 0.461 e. The fourth-order valence-electron chi connectivity index (χ4n) is 1.68. The van der Waals surface area contributed by atoms with Crippen LogP contribution in [0.4, 0.5) is 0 Å². The molecule has 0 amide bonds. The van der Waals surface area contributed by atoms with E-state index in [4.69, 9.17) is 4.42 Å². The number of carbonyl (C=O) groups is 2. The van der Waals surface area contributed by atoms with E-state index in [9.17, 15) is 9.59 Å². The maximum atomic E-state index is 11.9. The third kappa shape index (κ3) is 2.71. The number of aromatic nitrogens is 1. The predicted molar refractivity (Wildman–Crippen MR) is 65.6 cm³/mol. The van der Waals surface area contributed by atoms with Crippen molar-refractivity contribution in [3.8, 4) is 0 Å². The van der Waals surface area contributed by atoms with E-state index in [-0.39, 0.29) is 24.4 Å². The molecule has 18 heavy (non-hydrogen) atoms. The van der Waals surface area contributed by atoms with Gasteiger partial charge in [0.15, 0.2) is 17.3 Å². The average molecular weight is 243 g/mol. The van der Waals surface area contributed by atoms with E-state index in [1.165, 1.54) is 6.26 Å². The van der Waals surface area contributed by atoms with Gasteiger partial charge < -0.3 is 4.42 Å². The van der Waals surface area contributed by atoms with Crippen molar-refractivity contribution < 1.29 is 14.0 Å². The normalized spacial score (nSPS) is 10.3. The minimum atomic E-state index is -0.165. The topological polar surface area (TPSA) is 60.2 Å². The molecule has 2 rings (SSSR count). The first kappa shape index (κ1) is 12.2. The molecule has 0 saturated heterocycles. The van der Waals surface area contributed by atoms with Gasteiger partial charge in [0.05, 0.1) is 6.26 Å². The minimum absolute atomic E-state index is 0.118. The van der Waals surface area contributed by atoms with Crippen LogP contribution in [0.25, 0.3) is 0 Å². The monoisotopic (exact) mass is 243 g/mol. The molecule has 2 heterocycles. The van der Waals surface area contributed by atoms with Gasteiger partial charge in [0.25, 0.3) is 0 Å². The zero-order valence-corrected chi connectivity index (χ0v) is 10.1. The zero-order chi connectivity index (χ0) is 13.0. The van der Waals surface area contributed by atoms with Crippen molar-refractivity contribution in [1.82, 2.24) is 4.98 Å². The van der Waals surface area contributed by atoms with E-state index in [2.05, 4.69) is 4.98 Å². The van der Waals surface area contributed by atoms with Gasteiger partial charge in [0, 0.05) is 19.0 Å². The molecule has 0 N–H and O–H groups in total. The van der Waals surface area contributed by atoms with Gasteiger partial charge in [-0.15, -0.1) is 0 Å². The highest BCUT2D eigenvalue weighted by Gasteiger charge is 2.14. The highest BCUT2D eigenvalue weighted by atomic mass is 16.3. The highest BCUT2D eigenvalue weighted by molar-refractivity contribution is 6.00. The van der Waals surface area contributed by atoms with Gasteiger partial charge in [-0.3, -0.25) is 14.6 Å². The second-order valence-corrected chi connectivity index (χ2v) is 3.99. The number of aryl methyl sites for hydroxylation is 1. The number of ketones is 2. The number of rotatable bonds is 5. The summed E-state index contributed by atoms with van der Waals surface area (Å²) in [5.41, 5.74) is 1.26. The Bertz CT molecular complexity index is 558. The minimum Gasteiger partial charge on any atom is -0.461 e. The van der Waals surface area contributed by atoms with Crippen molar-refractivity contribution in [3.63, 3.8) is 0 Å². The first-order valence-corrected chi connectivity index (χ1v) is 5.70. The summed E-state index contributed by atoms with van der Waals surface area (Å²) in [5.74, 6) is 0.00971. The summed E-state index contributed by atoms with van der Waals surface area (Å²) in [7, 11) is 0. The molecule has 0 aromatic carbocycles. The van der Waals surface area contributed by atoms with Gasteiger partial charge in [-0.1, -0.05) is 6.07 Å². The molecular weight excluding hydrogens is 230 g/mol. The van der Waals surface area contributed by atoms with Crippen LogP contribution in [0.5, 0.6) is 0 Å². The molecule has 0 radical (unpaired) electrons. The van der Waals surface area contributed by atoms with Crippen LogP contribution >= 0.6 is 0 Å². The Morgan fingerprint density at radius 1 is 1.17 bits per heavy atom. The van der Waals surface area contributed by atoms with Crippen LogP contribution in [0.3, 0.4) is 0 Å². The van der Waals surface area contributed by atoms with Crippen molar-refractivity contribution in [2.24, 2.45) is 0 Å². The maximum Gasteiger partial charge on any atom is 0.198 e. The number of Topliss-reactive ketones (excluding diaryl/α,β-unsaturated/α-hetero) is 2. The molecule has 0 unspecified atom stereocenters. The summed E-state index contributed by atoms with van der Waals surface area (Å²) < 4.78 is 4.98. The van der Waals surface area contributed by atoms with Gasteiger partial charge in [-0.25, -0.2) is 0 Å². The second kappa shape index (κ2) is 5.40. The van der Waals surface area contributed by atoms with Crippen molar-refractivity contribution >= 4 is 11.6 Å². The lowest BCUT2D eigenvalue weighted by molar-refractivity contribution is 0.0900. The number of hydrogen-bond acceptors (Lipinski definition) is 4. The molecule has 2 aromatic rings. The Morgan fingerprint density at radius 2 is 1.94 bits per heavy atom. The maximum absolute atomic E-state index is 11.9. The van der Waals surface area contributed by atoms with Crippen molar-refractivity contribution in [2.45, 2.75) is 19.8 Å². The molecule has 4 nitrogen and oxygen atoms in total. The van der Waals surface area contributed by atoms with Crippen LogP contribution in [-0.4, -0.2) is 16.6 Å². The molecule has 0 atom stereocenters. The standard InChI is InChI=1S/C14H13NO3/c1-10-4-2-8-15-14(10)12(17)7-6-11(16)13-5-3-9-18-13/h2-5,8-9H,6-7H2,1H3. The SMILES string of the molecule is Cc1cccnc1C(=O)CCC(=O)c1ccco1. The third-order valence-electron chi connectivity index (χ3n) is 2.65. The Labute approximate surface area is 105 Å². The van der Waals surface area contributed by atoms with Gasteiger partial charge in [-0.05, 0) is 30.7 Å². The first-order chi connectivity index (χ1) is 8.68. The quantitative estimate of drug-likeness (QED) is 0.757. The van der Waals surface area contributed by atoms with Crippen LogP contribution in [0.1, 0.15) is 39.4 Å². The lowest BCUT2D eigenvalue weighted by Gasteiger charge is -2.02. The van der Waals surface area contributed by atoms with Crippen molar-refractivity contribution in [2.75, 3.05) is 0 Å². The first-order valence-electron chi connectivity index (χ1n) is 5.70. The van der Waals surface area contributed by atoms with E-state index in [1.807, 2.05) is 13.0 Å². The summed E-state index contributed by atoms with van der Waals surface area (Å²) in [6.07, 6.45) is 3.31. The number of nitrogens with zero attached hydrogens (tertiary/aromatic N) is 1. The predicted octanol–water partition coefficient (Wildman–Crippen LogP) is 2.83. The van der Waals surface area contributed by atoms with Crippen LogP contribution in [-0.2, 0) is 0 Å². The summed E-state index contributed by atoms with van der Waals surface area (Å²) in [6.45, 7) is 1.83. The number of pyridine rings is 1. The van der Waals surface area contributed by atoms with Crippen LogP contribution in [0.15, 0.2) is 41.1 Å². The van der Waals surface area contributed by atoms with E-state index >= 15 is 0 Å². The molecule has 2 aromatic heterocycles. The Hall–Kier alpha value is -2.23. The lowest BCUT2D eigenvalue weighted by Crippen LogP contribution is -2.07. The van der Waals surface area contributed by atoms with Crippen LogP contribution < -0.4 is 0 Å². The number of carbonyl (C=O) groups excluding carboxylic acids is 2. The molecule has 0 saturated carbocycles. The molecule has 0 spiro atoms. The van der Waals surface area contributed by atoms with Crippen LogP contribution in [0.2, 0.25) is 0 Å². The Morgan fingerprint density at radius 3 is 2.61 bits per heavy atom. The zero-order valence-electron chi connectivity index (χ0n) is 10.1. The van der Waals surface area contributed by atoms with Gasteiger partial charge >= 0.3 is 0 Å². The Balaban J connectivity index is 1.97. The molecule has 0 bridgehead atoms. The van der Waals surface area contributed by atoms with Gasteiger partial charge in [0.1, 0.15) is 5.69 Å². The molecule has 0 aliphatic heterocycles. The fourth-order valence-corrected chi connectivity index (χ4v) is 1.68. The van der Waals surface area contributed by atoms with E-state index in [0.29, 0.717) is 11.5 Å².